The fraction of sp³-hybridized carbons (Fsp3) is 0.375. The Hall–Kier alpha value is -0.800. The zero-order valence-electron chi connectivity index (χ0n) is 13.6. The minimum Gasteiger partial charge on any atom is -0.301 e. The van der Waals surface area contributed by atoms with Crippen molar-refractivity contribution in [2.24, 2.45) is 0 Å². The molecule has 140 valence electrons. The molecule has 26 heavy (non-hydrogen) atoms. The second-order valence-corrected chi connectivity index (χ2v) is 11.4. The predicted octanol–water partition coefficient (Wildman–Crippen LogP) is 3.90. The molecule has 0 radical (unpaired) electrons. The molecule has 0 aliphatic carbocycles. The lowest BCUT2D eigenvalue weighted by Gasteiger charge is -2.06. The van der Waals surface area contributed by atoms with Gasteiger partial charge in [0.2, 0.25) is 5.91 Å². The van der Waals surface area contributed by atoms with Crippen LogP contribution in [0.2, 0.25) is 10.0 Å². The van der Waals surface area contributed by atoms with Crippen LogP contribution in [0.3, 0.4) is 0 Å². The zero-order chi connectivity index (χ0) is 18.7. The summed E-state index contributed by atoms with van der Waals surface area (Å²) in [5, 5.41) is 4.53. The van der Waals surface area contributed by atoms with E-state index in [0.29, 0.717) is 28.0 Å². The highest BCUT2D eigenvalue weighted by molar-refractivity contribution is 8.02. The molecule has 1 aromatic carbocycles. The first-order chi connectivity index (χ1) is 12.3. The summed E-state index contributed by atoms with van der Waals surface area (Å²) in [6.45, 7) is 0. The lowest BCUT2D eigenvalue weighted by molar-refractivity contribution is -0.113. The SMILES string of the molecule is O=C(CSC1CCS(=O)(=O)C1)Nc1ncc(Cc2cc(Cl)ccc2Cl)s1. The van der Waals surface area contributed by atoms with Crippen LogP contribution >= 0.6 is 46.3 Å². The molecule has 1 amide bonds. The number of nitrogens with one attached hydrogen (secondary N) is 1. The highest BCUT2D eigenvalue weighted by Gasteiger charge is 2.28. The summed E-state index contributed by atoms with van der Waals surface area (Å²) in [5.41, 5.74) is 0.902. The van der Waals surface area contributed by atoms with Crippen LogP contribution in [0.1, 0.15) is 16.9 Å². The van der Waals surface area contributed by atoms with Crippen molar-refractivity contribution in [3.8, 4) is 0 Å². The molecule has 1 aliphatic rings. The van der Waals surface area contributed by atoms with Crippen LogP contribution < -0.4 is 5.32 Å². The van der Waals surface area contributed by atoms with E-state index in [9.17, 15) is 13.2 Å². The second-order valence-electron chi connectivity index (χ2n) is 5.93. The van der Waals surface area contributed by atoms with Crippen molar-refractivity contribution < 1.29 is 13.2 Å². The van der Waals surface area contributed by atoms with Crippen molar-refractivity contribution in [2.75, 3.05) is 22.6 Å². The number of carbonyl (C=O) groups is 1. The van der Waals surface area contributed by atoms with E-state index in [1.165, 1.54) is 23.1 Å². The van der Waals surface area contributed by atoms with Gasteiger partial charge in [-0.15, -0.1) is 23.1 Å². The molecule has 2 heterocycles. The molecule has 1 aliphatic heterocycles. The highest BCUT2D eigenvalue weighted by Crippen LogP contribution is 2.28. The summed E-state index contributed by atoms with van der Waals surface area (Å²) < 4.78 is 22.9. The molecule has 10 heteroatoms. The van der Waals surface area contributed by atoms with Gasteiger partial charge in [-0.25, -0.2) is 13.4 Å². The number of amides is 1. The molecule has 5 nitrogen and oxygen atoms in total. The van der Waals surface area contributed by atoms with Gasteiger partial charge < -0.3 is 5.32 Å². The maximum absolute atomic E-state index is 12.0. The molecule has 1 fully saturated rings. The largest absolute Gasteiger partial charge is 0.301 e. The Kier molecular flexibility index (Phi) is 6.50. The van der Waals surface area contributed by atoms with Gasteiger partial charge in [0.1, 0.15) is 0 Å². The van der Waals surface area contributed by atoms with Crippen molar-refractivity contribution in [1.29, 1.82) is 0 Å². The smallest absolute Gasteiger partial charge is 0.236 e. The Morgan fingerprint density at radius 3 is 2.92 bits per heavy atom. The Labute approximate surface area is 170 Å². The van der Waals surface area contributed by atoms with E-state index >= 15 is 0 Å². The number of halogens is 2. The summed E-state index contributed by atoms with van der Waals surface area (Å²) in [5.74, 6) is 0.414. The molecular weight excluding hydrogens is 435 g/mol. The van der Waals surface area contributed by atoms with Gasteiger partial charge in [0, 0.05) is 32.8 Å². The molecule has 0 bridgehead atoms. The number of aromatic nitrogens is 1. The van der Waals surface area contributed by atoms with Gasteiger partial charge in [0.25, 0.3) is 0 Å². The summed E-state index contributed by atoms with van der Waals surface area (Å²) in [6.07, 6.45) is 2.90. The molecular formula is C16H16Cl2N2O3S3. The number of anilines is 1. The molecule has 1 unspecified atom stereocenters. The average molecular weight is 451 g/mol. The van der Waals surface area contributed by atoms with Gasteiger partial charge >= 0.3 is 0 Å². The average Bonchev–Trinajstić information content (AvgIpc) is 3.15. The number of hydrogen-bond acceptors (Lipinski definition) is 6. The maximum atomic E-state index is 12.0. The lowest BCUT2D eigenvalue weighted by Crippen LogP contribution is -2.17. The van der Waals surface area contributed by atoms with Crippen molar-refractivity contribution in [1.82, 2.24) is 4.98 Å². The van der Waals surface area contributed by atoms with Crippen LogP contribution in [0.4, 0.5) is 5.13 Å². The molecule has 1 N–H and O–H groups in total. The van der Waals surface area contributed by atoms with E-state index in [1.807, 2.05) is 6.07 Å². The first kappa shape index (κ1) is 19.9. The standard InChI is InChI=1S/C16H16Cl2N2O3S3/c17-11-1-2-14(18)10(5-11)6-13-7-19-16(25-13)20-15(21)8-24-12-3-4-26(22,23)9-12/h1-2,5,7,12H,3-4,6,8-9H2,(H,19,20,21). The molecule has 1 atom stereocenters. The number of thioether (sulfide) groups is 1. The molecule has 0 saturated carbocycles. The van der Waals surface area contributed by atoms with Crippen molar-refractivity contribution in [3.05, 3.63) is 44.9 Å². The quantitative estimate of drug-likeness (QED) is 0.721. The van der Waals surface area contributed by atoms with E-state index in [4.69, 9.17) is 23.2 Å². The van der Waals surface area contributed by atoms with E-state index < -0.39 is 9.84 Å². The summed E-state index contributed by atoms with van der Waals surface area (Å²) in [7, 11) is -2.92. The van der Waals surface area contributed by atoms with Crippen molar-refractivity contribution in [3.63, 3.8) is 0 Å². The van der Waals surface area contributed by atoms with Gasteiger partial charge in [-0.2, -0.15) is 0 Å². The summed E-state index contributed by atoms with van der Waals surface area (Å²) in [4.78, 5) is 17.2. The number of nitrogens with zero attached hydrogens (tertiary/aromatic N) is 1. The van der Waals surface area contributed by atoms with Crippen molar-refractivity contribution in [2.45, 2.75) is 18.1 Å². The zero-order valence-corrected chi connectivity index (χ0v) is 17.5. The van der Waals surface area contributed by atoms with Gasteiger partial charge in [-0.3, -0.25) is 4.79 Å². The molecule has 0 spiro atoms. The minimum absolute atomic E-state index is 0.00239. The van der Waals surface area contributed by atoms with Gasteiger partial charge in [-0.05, 0) is 30.2 Å². The highest BCUT2D eigenvalue weighted by atomic mass is 35.5. The van der Waals surface area contributed by atoms with Crippen LogP contribution in [0.5, 0.6) is 0 Å². The fourth-order valence-electron chi connectivity index (χ4n) is 2.55. The topological polar surface area (TPSA) is 76.1 Å². The van der Waals surface area contributed by atoms with E-state index in [1.54, 1.807) is 18.3 Å². The van der Waals surface area contributed by atoms with Crippen molar-refractivity contribution >= 4 is 67.2 Å². The van der Waals surface area contributed by atoms with Crippen LogP contribution in [0.15, 0.2) is 24.4 Å². The number of rotatable bonds is 6. The van der Waals surface area contributed by atoms with E-state index in [0.717, 1.165) is 10.4 Å². The van der Waals surface area contributed by atoms with Crippen LogP contribution in [-0.2, 0) is 21.1 Å². The first-order valence-corrected chi connectivity index (χ1v) is 12.3. The van der Waals surface area contributed by atoms with Gasteiger partial charge in [0.15, 0.2) is 15.0 Å². The monoisotopic (exact) mass is 450 g/mol. The maximum Gasteiger partial charge on any atom is 0.236 e. The third-order valence-corrected chi connectivity index (χ3v) is 8.61. The van der Waals surface area contributed by atoms with Gasteiger partial charge in [-0.1, -0.05) is 23.2 Å². The Morgan fingerprint density at radius 2 is 2.19 bits per heavy atom. The Morgan fingerprint density at radius 1 is 1.38 bits per heavy atom. The molecule has 1 aromatic heterocycles. The van der Waals surface area contributed by atoms with Crippen LogP contribution in [0.25, 0.3) is 0 Å². The number of carbonyl (C=O) groups excluding carboxylic acids is 1. The summed E-state index contributed by atoms with van der Waals surface area (Å²) in [6, 6.07) is 5.30. The molecule has 2 aromatic rings. The molecule has 3 rings (SSSR count). The molecule has 1 saturated heterocycles. The Bertz CT molecular complexity index is 915. The Balaban J connectivity index is 1.51. The third kappa shape index (κ3) is 5.60. The van der Waals surface area contributed by atoms with E-state index in [2.05, 4.69) is 10.3 Å². The lowest BCUT2D eigenvalue weighted by atomic mass is 10.1. The number of sulfone groups is 1. The first-order valence-electron chi connectivity index (χ1n) is 7.81. The number of hydrogen-bond donors (Lipinski definition) is 1. The van der Waals surface area contributed by atoms with Crippen LogP contribution in [-0.4, -0.2) is 41.8 Å². The predicted molar refractivity (Wildman–Crippen MR) is 110 cm³/mol. The summed E-state index contributed by atoms with van der Waals surface area (Å²) >= 11 is 14.9. The number of benzene rings is 1. The van der Waals surface area contributed by atoms with Crippen LogP contribution in [0, 0.1) is 0 Å². The second kappa shape index (κ2) is 8.48. The normalized spacial score (nSPS) is 18.8. The van der Waals surface area contributed by atoms with Gasteiger partial charge in [0.05, 0.1) is 17.3 Å². The minimum atomic E-state index is -2.92. The fourth-order valence-corrected chi connectivity index (χ4v) is 7.23. The number of thiazole rings is 1. The van der Waals surface area contributed by atoms with E-state index in [-0.39, 0.29) is 28.4 Å². The third-order valence-electron chi connectivity index (χ3n) is 3.81.